The van der Waals surface area contributed by atoms with E-state index in [9.17, 15) is 19.8 Å². The number of nitrogens with one attached hydrogen (secondary N) is 1. The molecule has 0 rings (SSSR count). The molecular formula is C76H149NO5. The smallest absolute Gasteiger partial charge is 0.305 e. The Bertz CT molecular complexity index is 1240. The van der Waals surface area contributed by atoms with Crippen LogP contribution in [0.5, 0.6) is 0 Å². The van der Waals surface area contributed by atoms with Crippen molar-refractivity contribution >= 4 is 11.9 Å². The van der Waals surface area contributed by atoms with Crippen LogP contribution >= 0.6 is 0 Å². The third-order valence-corrected chi connectivity index (χ3v) is 18.1. The van der Waals surface area contributed by atoms with E-state index in [1.807, 2.05) is 6.08 Å². The Hall–Kier alpha value is -1.40. The molecule has 6 heteroatoms. The Balaban J connectivity index is 3.36. The lowest BCUT2D eigenvalue weighted by Crippen LogP contribution is -2.45. The molecule has 0 aliphatic carbocycles. The summed E-state index contributed by atoms with van der Waals surface area (Å²) < 4.78 is 5.51. The molecule has 0 heterocycles. The van der Waals surface area contributed by atoms with Crippen molar-refractivity contribution in [2.24, 2.45) is 0 Å². The molecule has 2 atom stereocenters. The topological polar surface area (TPSA) is 95.9 Å². The largest absolute Gasteiger partial charge is 0.466 e. The molecule has 488 valence electrons. The number of hydrogen-bond donors (Lipinski definition) is 3. The number of aliphatic hydroxyl groups excluding tert-OH is 2. The van der Waals surface area contributed by atoms with Crippen molar-refractivity contribution in [1.82, 2.24) is 5.32 Å². The van der Waals surface area contributed by atoms with Crippen LogP contribution in [-0.4, -0.2) is 47.4 Å². The van der Waals surface area contributed by atoms with E-state index < -0.39 is 12.1 Å². The highest BCUT2D eigenvalue weighted by Crippen LogP contribution is 2.20. The number of esters is 1. The predicted octanol–water partition coefficient (Wildman–Crippen LogP) is 24.7. The summed E-state index contributed by atoms with van der Waals surface area (Å²) in [6.07, 6.45) is 90.3. The van der Waals surface area contributed by atoms with Gasteiger partial charge < -0.3 is 20.3 Å². The quantitative estimate of drug-likeness (QED) is 0.0320. The molecule has 0 bridgehead atoms. The minimum Gasteiger partial charge on any atom is -0.466 e. The lowest BCUT2D eigenvalue weighted by atomic mass is 10.0. The van der Waals surface area contributed by atoms with Crippen molar-refractivity contribution in [3.8, 4) is 0 Å². The maximum Gasteiger partial charge on any atom is 0.305 e. The lowest BCUT2D eigenvalue weighted by molar-refractivity contribution is -0.143. The molecule has 0 spiro atoms. The highest BCUT2D eigenvalue weighted by molar-refractivity contribution is 5.76. The Labute approximate surface area is 514 Å². The standard InChI is InChI=1S/C76H149NO5/c1-3-5-7-9-11-13-15-17-19-21-22-23-30-33-37-40-44-48-52-56-60-64-68-74(79)73(72-78)77-75(80)69-65-61-57-53-49-45-41-38-34-31-28-26-24-25-27-29-32-35-39-43-47-51-55-59-63-67-71-82-76(81)70-66-62-58-54-50-46-42-36-20-18-16-14-12-10-8-6-4-2/h64,68,73-74,78-79H,3-63,65-67,69-72H2,1-2H3,(H,77,80)/b68-64+. The minimum absolute atomic E-state index is 0.0221. The van der Waals surface area contributed by atoms with Gasteiger partial charge in [-0.3, -0.25) is 9.59 Å². The van der Waals surface area contributed by atoms with Crippen LogP contribution in [0.15, 0.2) is 12.2 Å². The van der Waals surface area contributed by atoms with Gasteiger partial charge in [-0.2, -0.15) is 0 Å². The van der Waals surface area contributed by atoms with E-state index in [-0.39, 0.29) is 18.5 Å². The van der Waals surface area contributed by atoms with Crippen LogP contribution in [0, 0.1) is 0 Å². The Kier molecular flexibility index (Phi) is 70.8. The monoisotopic (exact) mass is 1160 g/mol. The number of aliphatic hydroxyl groups is 2. The van der Waals surface area contributed by atoms with Crippen molar-refractivity contribution in [3.05, 3.63) is 12.2 Å². The molecule has 0 fully saturated rings. The first kappa shape index (κ1) is 80.6. The van der Waals surface area contributed by atoms with Gasteiger partial charge in [0.2, 0.25) is 5.91 Å². The molecule has 0 saturated heterocycles. The lowest BCUT2D eigenvalue weighted by Gasteiger charge is -2.20. The van der Waals surface area contributed by atoms with E-state index in [2.05, 4.69) is 19.2 Å². The van der Waals surface area contributed by atoms with Gasteiger partial charge in [0.25, 0.3) is 0 Å². The number of rotatable bonds is 72. The van der Waals surface area contributed by atoms with Gasteiger partial charge in [0, 0.05) is 12.8 Å². The van der Waals surface area contributed by atoms with Gasteiger partial charge in [-0.05, 0) is 32.1 Å². The average molecular weight is 1160 g/mol. The number of ether oxygens (including phenoxy) is 1. The Morgan fingerprint density at radius 2 is 0.561 bits per heavy atom. The molecule has 0 saturated carbocycles. The van der Waals surface area contributed by atoms with Gasteiger partial charge >= 0.3 is 5.97 Å². The molecule has 0 radical (unpaired) electrons. The van der Waals surface area contributed by atoms with Gasteiger partial charge in [-0.25, -0.2) is 0 Å². The number of unbranched alkanes of at least 4 members (excludes halogenated alkanes) is 61. The highest BCUT2D eigenvalue weighted by atomic mass is 16.5. The maximum atomic E-state index is 12.5. The van der Waals surface area contributed by atoms with E-state index >= 15 is 0 Å². The van der Waals surface area contributed by atoms with Crippen LogP contribution in [0.3, 0.4) is 0 Å². The fourth-order valence-electron chi connectivity index (χ4n) is 12.3. The number of carbonyl (C=O) groups is 2. The van der Waals surface area contributed by atoms with Crippen molar-refractivity contribution in [2.75, 3.05) is 13.2 Å². The fourth-order valence-corrected chi connectivity index (χ4v) is 12.3. The molecule has 0 aromatic rings. The number of hydrogen-bond acceptors (Lipinski definition) is 5. The summed E-state index contributed by atoms with van der Waals surface area (Å²) in [4.78, 5) is 24.6. The number of amides is 1. The van der Waals surface area contributed by atoms with E-state index in [1.54, 1.807) is 6.08 Å². The second kappa shape index (κ2) is 72.1. The number of carbonyl (C=O) groups excluding carboxylic acids is 2. The molecule has 0 aliphatic heterocycles. The molecule has 6 nitrogen and oxygen atoms in total. The molecule has 2 unspecified atom stereocenters. The van der Waals surface area contributed by atoms with Crippen LogP contribution < -0.4 is 5.32 Å². The normalized spacial score (nSPS) is 12.5. The summed E-state index contributed by atoms with van der Waals surface area (Å²) in [7, 11) is 0. The van der Waals surface area contributed by atoms with Gasteiger partial charge in [0.15, 0.2) is 0 Å². The second-order valence-electron chi connectivity index (χ2n) is 26.4. The summed E-state index contributed by atoms with van der Waals surface area (Å²) in [6, 6.07) is -0.627. The van der Waals surface area contributed by atoms with E-state index in [0.29, 0.717) is 19.4 Å². The van der Waals surface area contributed by atoms with Gasteiger partial charge in [-0.1, -0.05) is 405 Å². The third kappa shape index (κ3) is 67.7. The predicted molar refractivity (Wildman–Crippen MR) is 361 cm³/mol. The Morgan fingerprint density at radius 1 is 0.329 bits per heavy atom. The van der Waals surface area contributed by atoms with Crippen molar-refractivity contribution in [2.45, 2.75) is 450 Å². The molecule has 0 aromatic heterocycles. The number of allylic oxidation sites excluding steroid dienone is 1. The Morgan fingerprint density at radius 3 is 0.829 bits per heavy atom. The fraction of sp³-hybridized carbons (Fsp3) is 0.947. The molecule has 0 aliphatic rings. The van der Waals surface area contributed by atoms with E-state index in [1.165, 1.54) is 372 Å². The average Bonchev–Trinajstić information content (AvgIpc) is 3.48. The summed E-state index contributed by atoms with van der Waals surface area (Å²) >= 11 is 0. The summed E-state index contributed by atoms with van der Waals surface area (Å²) in [5.74, 6) is -0.0383. The molecule has 0 aromatic carbocycles. The molecular weight excluding hydrogens is 1010 g/mol. The van der Waals surface area contributed by atoms with Crippen LogP contribution in [0.4, 0.5) is 0 Å². The highest BCUT2D eigenvalue weighted by Gasteiger charge is 2.18. The van der Waals surface area contributed by atoms with Crippen LogP contribution in [0.2, 0.25) is 0 Å². The molecule has 82 heavy (non-hydrogen) atoms. The van der Waals surface area contributed by atoms with Crippen LogP contribution in [0.25, 0.3) is 0 Å². The van der Waals surface area contributed by atoms with Crippen molar-refractivity contribution in [3.63, 3.8) is 0 Å². The third-order valence-electron chi connectivity index (χ3n) is 18.1. The first-order valence-corrected chi connectivity index (χ1v) is 38.0. The van der Waals surface area contributed by atoms with Crippen molar-refractivity contribution < 1.29 is 24.5 Å². The molecule has 1 amide bonds. The van der Waals surface area contributed by atoms with Crippen LogP contribution in [0.1, 0.15) is 438 Å². The van der Waals surface area contributed by atoms with Crippen LogP contribution in [-0.2, 0) is 14.3 Å². The summed E-state index contributed by atoms with van der Waals surface area (Å²) in [5.41, 5.74) is 0. The SMILES string of the molecule is CCCCCCCCCCCCCCCCCCCCCC/C=C/C(O)C(CO)NC(=O)CCCCCCCCCCCCCCCCCCCCCCCCCCCCOC(=O)CCCCCCCCCCCCCCCCCCC. The van der Waals surface area contributed by atoms with Crippen molar-refractivity contribution in [1.29, 1.82) is 0 Å². The zero-order valence-electron chi connectivity index (χ0n) is 56.0. The van der Waals surface area contributed by atoms with Gasteiger partial charge in [0.05, 0.1) is 25.4 Å². The van der Waals surface area contributed by atoms with Gasteiger partial charge in [-0.15, -0.1) is 0 Å². The second-order valence-corrected chi connectivity index (χ2v) is 26.4. The summed E-state index contributed by atoms with van der Waals surface area (Å²) in [6.45, 7) is 4.96. The maximum absolute atomic E-state index is 12.5. The first-order chi connectivity index (χ1) is 40.5. The minimum atomic E-state index is -0.844. The zero-order valence-corrected chi connectivity index (χ0v) is 56.0. The zero-order chi connectivity index (χ0) is 59.2. The first-order valence-electron chi connectivity index (χ1n) is 38.0. The molecule has 3 N–H and O–H groups in total. The summed E-state index contributed by atoms with van der Waals surface area (Å²) in [5, 5.41) is 23.3. The van der Waals surface area contributed by atoms with Gasteiger partial charge in [0.1, 0.15) is 0 Å². The van der Waals surface area contributed by atoms with E-state index in [0.717, 1.165) is 38.5 Å². The van der Waals surface area contributed by atoms with E-state index in [4.69, 9.17) is 4.74 Å².